The molecule has 1 aliphatic heterocycles. The third-order valence-corrected chi connectivity index (χ3v) is 7.24. The zero-order valence-electron chi connectivity index (χ0n) is 17.5. The minimum Gasteiger partial charge on any atom is -0.321 e. The van der Waals surface area contributed by atoms with Gasteiger partial charge in [0.2, 0.25) is 5.91 Å². The van der Waals surface area contributed by atoms with Crippen molar-refractivity contribution in [1.82, 2.24) is 0 Å². The van der Waals surface area contributed by atoms with Crippen molar-refractivity contribution in [2.75, 3.05) is 10.2 Å². The fourth-order valence-electron chi connectivity index (χ4n) is 3.44. The van der Waals surface area contributed by atoms with Gasteiger partial charge in [-0.1, -0.05) is 76.9 Å². The number of benzene rings is 3. The quantitative estimate of drug-likeness (QED) is 0.295. The van der Waals surface area contributed by atoms with E-state index in [2.05, 4.69) is 5.32 Å². The highest BCUT2D eigenvalue weighted by Crippen LogP contribution is 2.42. The van der Waals surface area contributed by atoms with E-state index in [9.17, 15) is 14.9 Å². The first kappa shape index (κ1) is 24.2. The van der Waals surface area contributed by atoms with Crippen LogP contribution < -0.4 is 10.2 Å². The largest absolute Gasteiger partial charge is 0.321 e. The fourth-order valence-corrected chi connectivity index (χ4v) is 5.26. The number of thioether (sulfide) groups is 1. The molecule has 1 atom stereocenters. The Labute approximate surface area is 215 Å². The summed E-state index contributed by atoms with van der Waals surface area (Å²) in [5.74, 6) is -0.864. The van der Waals surface area contributed by atoms with Crippen LogP contribution in [0.1, 0.15) is 5.56 Å². The van der Waals surface area contributed by atoms with E-state index in [1.807, 2.05) is 12.1 Å². The molecule has 1 aliphatic rings. The minimum absolute atomic E-state index is 0.168. The number of rotatable bonds is 5. The van der Waals surface area contributed by atoms with Gasteiger partial charge in [0.05, 0.1) is 15.3 Å². The monoisotopic (exact) mass is 527 g/mol. The molecule has 4 rings (SSSR count). The summed E-state index contributed by atoms with van der Waals surface area (Å²) in [5.41, 5.74) is 1.66. The molecular formula is C25H16Cl3N3O2S. The summed E-state index contributed by atoms with van der Waals surface area (Å²) in [4.78, 5) is 27.9. The molecule has 0 unspecified atom stereocenters. The van der Waals surface area contributed by atoms with Crippen molar-refractivity contribution in [3.8, 4) is 6.07 Å². The van der Waals surface area contributed by atoms with Gasteiger partial charge in [-0.3, -0.25) is 14.5 Å². The lowest BCUT2D eigenvalue weighted by molar-refractivity contribution is -0.117. The van der Waals surface area contributed by atoms with Crippen LogP contribution in [0.3, 0.4) is 0 Å². The van der Waals surface area contributed by atoms with Gasteiger partial charge in [-0.05, 0) is 54.4 Å². The highest BCUT2D eigenvalue weighted by molar-refractivity contribution is 8.05. The SMILES string of the molecule is N#C/C(C(=O)Nc1cccc(Cl)c1)=C1/S[C@H](Cc2ccc(Cl)c(Cl)c2)C(=O)N1c1ccccc1. The molecule has 1 fully saturated rings. The Morgan fingerprint density at radius 3 is 2.44 bits per heavy atom. The van der Waals surface area contributed by atoms with Crippen LogP contribution in [0.4, 0.5) is 11.4 Å². The van der Waals surface area contributed by atoms with E-state index in [0.29, 0.717) is 32.9 Å². The molecule has 170 valence electrons. The third-order valence-electron chi connectivity index (χ3n) is 5.01. The topological polar surface area (TPSA) is 73.2 Å². The smallest absolute Gasteiger partial charge is 0.269 e. The number of amides is 2. The summed E-state index contributed by atoms with van der Waals surface area (Å²) in [5, 5.41) is 13.6. The van der Waals surface area contributed by atoms with E-state index in [0.717, 1.165) is 5.56 Å². The van der Waals surface area contributed by atoms with E-state index in [-0.39, 0.29) is 16.5 Å². The van der Waals surface area contributed by atoms with Gasteiger partial charge < -0.3 is 5.32 Å². The Kier molecular flexibility index (Phi) is 7.50. The first-order valence-electron chi connectivity index (χ1n) is 10.1. The van der Waals surface area contributed by atoms with Crippen molar-refractivity contribution in [3.63, 3.8) is 0 Å². The fraction of sp³-hybridized carbons (Fsp3) is 0.0800. The lowest BCUT2D eigenvalue weighted by Crippen LogP contribution is -2.30. The summed E-state index contributed by atoms with van der Waals surface area (Å²) in [6.45, 7) is 0. The number of nitrogens with one attached hydrogen (secondary N) is 1. The summed E-state index contributed by atoms with van der Waals surface area (Å²) in [6, 6.07) is 22.7. The van der Waals surface area contributed by atoms with Gasteiger partial charge >= 0.3 is 0 Å². The van der Waals surface area contributed by atoms with E-state index < -0.39 is 11.2 Å². The van der Waals surface area contributed by atoms with Crippen LogP contribution in [0.15, 0.2) is 83.4 Å². The maximum Gasteiger partial charge on any atom is 0.269 e. The Bertz CT molecular complexity index is 1340. The highest BCUT2D eigenvalue weighted by atomic mass is 35.5. The second kappa shape index (κ2) is 10.5. The molecule has 3 aromatic carbocycles. The summed E-state index contributed by atoms with van der Waals surface area (Å²) >= 11 is 19.3. The molecule has 0 radical (unpaired) electrons. The van der Waals surface area contributed by atoms with E-state index in [1.165, 1.54) is 16.7 Å². The third kappa shape index (κ3) is 5.24. The zero-order valence-corrected chi connectivity index (χ0v) is 20.6. The number of para-hydroxylation sites is 1. The lowest BCUT2D eigenvalue weighted by Gasteiger charge is -2.18. The molecule has 3 aromatic rings. The highest BCUT2D eigenvalue weighted by Gasteiger charge is 2.40. The van der Waals surface area contributed by atoms with Crippen LogP contribution in [0.5, 0.6) is 0 Å². The molecule has 0 bridgehead atoms. The number of carbonyl (C=O) groups is 2. The molecule has 9 heteroatoms. The van der Waals surface area contributed by atoms with Gasteiger partial charge in [-0.25, -0.2) is 0 Å². The Morgan fingerprint density at radius 1 is 1.00 bits per heavy atom. The average molecular weight is 529 g/mol. The molecule has 1 saturated heterocycles. The van der Waals surface area contributed by atoms with Crippen LogP contribution >= 0.6 is 46.6 Å². The summed E-state index contributed by atoms with van der Waals surface area (Å²) < 4.78 is 0. The zero-order chi connectivity index (χ0) is 24.2. The van der Waals surface area contributed by atoms with Crippen molar-refractivity contribution in [3.05, 3.63) is 104 Å². The predicted molar refractivity (Wildman–Crippen MR) is 138 cm³/mol. The number of nitrogens with zero attached hydrogens (tertiary/aromatic N) is 2. The normalized spacial score (nSPS) is 16.8. The lowest BCUT2D eigenvalue weighted by atomic mass is 10.1. The van der Waals surface area contributed by atoms with Crippen LogP contribution in [-0.2, 0) is 16.0 Å². The van der Waals surface area contributed by atoms with Crippen molar-refractivity contribution in [2.24, 2.45) is 0 Å². The molecule has 1 heterocycles. The van der Waals surface area contributed by atoms with Crippen molar-refractivity contribution in [1.29, 1.82) is 5.26 Å². The molecule has 5 nitrogen and oxygen atoms in total. The minimum atomic E-state index is -0.629. The second-order valence-corrected chi connectivity index (χ2v) is 9.77. The molecule has 0 saturated carbocycles. The van der Waals surface area contributed by atoms with Gasteiger partial charge in [0.25, 0.3) is 5.91 Å². The van der Waals surface area contributed by atoms with Crippen LogP contribution in [0, 0.1) is 11.3 Å². The van der Waals surface area contributed by atoms with E-state index >= 15 is 0 Å². The Morgan fingerprint density at radius 2 is 1.76 bits per heavy atom. The molecular weight excluding hydrogens is 513 g/mol. The van der Waals surface area contributed by atoms with Gasteiger partial charge in [0.15, 0.2) is 0 Å². The Hall–Kier alpha value is -2.95. The number of anilines is 2. The average Bonchev–Trinajstić information content (AvgIpc) is 3.13. The summed E-state index contributed by atoms with van der Waals surface area (Å²) in [7, 11) is 0. The standard InChI is InChI=1S/C25H16Cl3N3O2S/c26-16-5-4-6-17(13-16)30-23(32)19(14-29)25-31(18-7-2-1-3-8-18)24(33)22(34-25)12-15-9-10-20(27)21(28)11-15/h1-11,13,22H,12H2,(H,30,32)/b25-19-/t22-/m1/s1. The Balaban J connectivity index is 1.71. The maximum atomic E-state index is 13.5. The molecule has 34 heavy (non-hydrogen) atoms. The summed E-state index contributed by atoms with van der Waals surface area (Å²) in [6.07, 6.45) is 0.349. The number of halogens is 3. The second-order valence-electron chi connectivity index (χ2n) is 7.32. The molecule has 0 spiro atoms. The first-order valence-corrected chi connectivity index (χ1v) is 12.1. The van der Waals surface area contributed by atoms with Crippen LogP contribution in [0.2, 0.25) is 15.1 Å². The van der Waals surface area contributed by atoms with Gasteiger partial charge in [0, 0.05) is 16.4 Å². The number of carbonyl (C=O) groups excluding carboxylic acids is 2. The van der Waals surface area contributed by atoms with Crippen molar-refractivity contribution < 1.29 is 9.59 Å². The van der Waals surface area contributed by atoms with E-state index in [1.54, 1.807) is 66.7 Å². The number of hydrogen-bond donors (Lipinski definition) is 1. The predicted octanol–water partition coefficient (Wildman–Crippen LogP) is 6.71. The molecule has 2 amide bonds. The first-order chi connectivity index (χ1) is 16.4. The van der Waals surface area contributed by atoms with Gasteiger partial charge in [0.1, 0.15) is 16.7 Å². The van der Waals surface area contributed by atoms with Crippen LogP contribution in [0.25, 0.3) is 0 Å². The molecule has 0 aliphatic carbocycles. The molecule has 1 N–H and O–H groups in total. The van der Waals surface area contributed by atoms with Crippen molar-refractivity contribution >= 4 is 69.8 Å². The maximum absolute atomic E-state index is 13.5. The van der Waals surface area contributed by atoms with Gasteiger partial charge in [-0.15, -0.1) is 0 Å². The number of nitriles is 1. The molecule has 0 aromatic heterocycles. The number of hydrogen-bond acceptors (Lipinski definition) is 4. The van der Waals surface area contributed by atoms with Gasteiger partial charge in [-0.2, -0.15) is 5.26 Å². The van der Waals surface area contributed by atoms with Crippen molar-refractivity contribution in [2.45, 2.75) is 11.7 Å². The van der Waals surface area contributed by atoms with Crippen LogP contribution in [-0.4, -0.2) is 17.1 Å². The van der Waals surface area contributed by atoms with E-state index in [4.69, 9.17) is 34.8 Å².